The Balaban J connectivity index is 1.79. The van der Waals surface area contributed by atoms with Crippen molar-refractivity contribution in [3.05, 3.63) is 70.9 Å². The second-order valence-electron chi connectivity index (χ2n) is 6.59. The van der Waals surface area contributed by atoms with Gasteiger partial charge in [0.15, 0.2) is 0 Å². The summed E-state index contributed by atoms with van der Waals surface area (Å²) < 4.78 is 0. The van der Waals surface area contributed by atoms with Gasteiger partial charge in [-0.05, 0) is 23.4 Å². The molecular formula is C21H23N3O3S. The quantitative estimate of drug-likeness (QED) is 0.550. The lowest BCUT2D eigenvalue weighted by atomic mass is 9.87. The van der Waals surface area contributed by atoms with Crippen LogP contribution in [-0.2, 0) is 21.7 Å². The van der Waals surface area contributed by atoms with Gasteiger partial charge in [-0.2, -0.15) is 0 Å². The number of carbonyl (C=O) groups is 3. The van der Waals surface area contributed by atoms with Crippen molar-refractivity contribution in [3.8, 4) is 0 Å². The molecule has 0 radical (unpaired) electrons. The normalized spacial score (nSPS) is 18.8. The van der Waals surface area contributed by atoms with Crippen molar-refractivity contribution in [2.75, 3.05) is 13.1 Å². The molecular weight excluding hydrogens is 374 g/mol. The van der Waals surface area contributed by atoms with Crippen LogP contribution in [-0.4, -0.2) is 40.7 Å². The predicted molar refractivity (Wildman–Crippen MR) is 109 cm³/mol. The van der Waals surface area contributed by atoms with Crippen molar-refractivity contribution in [1.29, 1.82) is 0 Å². The fraction of sp³-hybridized carbons (Fsp3) is 0.286. The molecule has 2 aromatic rings. The monoisotopic (exact) mass is 397 g/mol. The van der Waals surface area contributed by atoms with Crippen LogP contribution in [0.15, 0.2) is 60.5 Å². The fourth-order valence-electron chi connectivity index (χ4n) is 3.37. The molecule has 146 valence electrons. The zero-order valence-corrected chi connectivity index (χ0v) is 16.6. The first kappa shape index (κ1) is 19.8. The Kier molecular flexibility index (Phi) is 5.94. The third-order valence-corrected chi connectivity index (χ3v) is 5.76. The van der Waals surface area contributed by atoms with E-state index in [4.69, 9.17) is 0 Å². The average Bonchev–Trinajstić information content (AvgIpc) is 3.30. The minimum absolute atomic E-state index is 0.293. The van der Waals surface area contributed by atoms with E-state index in [9.17, 15) is 14.4 Å². The third kappa shape index (κ3) is 3.71. The molecule has 1 aromatic heterocycles. The molecule has 2 heterocycles. The fourth-order valence-corrected chi connectivity index (χ4v) is 4.09. The second-order valence-corrected chi connectivity index (χ2v) is 7.62. The Morgan fingerprint density at radius 2 is 2.00 bits per heavy atom. The minimum atomic E-state index is -1.13. The molecule has 1 fully saturated rings. The molecule has 1 saturated heterocycles. The van der Waals surface area contributed by atoms with Crippen molar-refractivity contribution in [2.45, 2.75) is 25.4 Å². The molecule has 1 N–H and O–H groups in total. The van der Waals surface area contributed by atoms with Crippen LogP contribution < -0.4 is 5.32 Å². The summed E-state index contributed by atoms with van der Waals surface area (Å²) in [6.45, 7) is 6.02. The molecule has 0 saturated carbocycles. The molecule has 0 unspecified atom stereocenters. The van der Waals surface area contributed by atoms with E-state index in [1.807, 2.05) is 54.8 Å². The zero-order chi connectivity index (χ0) is 20.1. The van der Waals surface area contributed by atoms with Gasteiger partial charge in [0.1, 0.15) is 12.1 Å². The van der Waals surface area contributed by atoms with E-state index >= 15 is 0 Å². The molecule has 0 spiro atoms. The summed E-state index contributed by atoms with van der Waals surface area (Å²) in [5.74, 6) is -0.689. The van der Waals surface area contributed by atoms with Gasteiger partial charge in [-0.1, -0.05) is 49.4 Å². The largest absolute Gasteiger partial charge is 0.332 e. The van der Waals surface area contributed by atoms with Crippen LogP contribution in [0.3, 0.4) is 0 Å². The Labute approximate surface area is 168 Å². The first-order chi connectivity index (χ1) is 13.5. The first-order valence-corrected chi connectivity index (χ1v) is 10.0. The molecule has 1 atom stereocenters. The van der Waals surface area contributed by atoms with Crippen molar-refractivity contribution >= 4 is 29.2 Å². The summed E-state index contributed by atoms with van der Waals surface area (Å²) in [6, 6.07) is 12.5. The number of benzene rings is 1. The van der Waals surface area contributed by atoms with E-state index in [1.54, 1.807) is 22.3 Å². The summed E-state index contributed by atoms with van der Waals surface area (Å²) in [5, 5.41) is 4.75. The van der Waals surface area contributed by atoms with Gasteiger partial charge in [0.2, 0.25) is 5.91 Å². The lowest BCUT2D eigenvalue weighted by Gasteiger charge is -2.26. The van der Waals surface area contributed by atoms with Crippen molar-refractivity contribution in [2.24, 2.45) is 0 Å². The zero-order valence-electron chi connectivity index (χ0n) is 15.8. The van der Waals surface area contributed by atoms with E-state index < -0.39 is 17.5 Å². The van der Waals surface area contributed by atoms with Gasteiger partial charge in [0, 0.05) is 11.4 Å². The summed E-state index contributed by atoms with van der Waals surface area (Å²) >= 11 is 1.55. The summed E-state index contributed by atoms with van der Waals surface area (Å²) in [6.07, 6.45) is 2.04. The lowest BCUT2D eigenvalue weighted by molar-refractivity contribution is -0.139. The Morgan fingerprint density at radius 1 is 1.25 bits per heavy atom. The first-order valence-electron chi connectivity index (χ1n) is 9.12. The molecule has 7 heteroatoms. The van der Waals surface area contributed by atoms with Crippen LogP contribution in [0.1, 0.15) is 23.8 Å². The number of carbonyl (C=O) groups excluding carboxylic acids is 3. The van der Waals surface area contributed by atoms with Crippen LogP contribution in [0.25, 0.3) is 0 Å². The van der Waals surface area contributed by atoms with Gasteiger partial charge in [-0.15, -0.1) is 17.9 Å². The van der Waals surface area contributed by atoms with E-state index in [1.165, 1.54) is 0 Å². The lowest BCUT2D eigenvalue weighted by Crippen LogP contribution is -2.45. The van der Waals surface area contributed by atoms with E-state index in [-0.39, 0.29) is 12.5 Å². The number of imide groups is 1. The molecule has 4 amide bonds. The van der Waals surface area contributed by atoms with E-state index in [0.29, 0.717) is 25.1 Å². The highest BCUT2D eigenvalue weighted by Crippen LogP contribution is 2.32. The number of urea groups is 1. The number of hydrogen-bond donors (Lipinski definition) is 1. The van der Waals surface area contributed by atoms with Crippen LogP contribution in [0.4, 0.5) is 4.79 Å². The molecule has 1 aliphatic rings. The van der Waals surface area contributed by atoms with Gasteiger partial charge in [0.25, 0.3) is 5.91 Å². The Morgan fingerprint density at radius 3 is 2.61 bits per heavy atom. The molecule has 6 nitrogen and oxygen atoms in total. The number of thiophene rings is 1. The smallest absolute Gasteiger partial charge is 0.325 e. The van der Waals surface area contributed by atoms with Crippen molar-refractivity contribution < 1.29 is 14.4 Å². The highest BCUT2D eigenvalue weighted by molar-refractivity contribution is 7.09. The van der Waals surface area contributed by atoms with Gasteiger partial charge in [-0.3, -0.25) is 14.5 Å². The average molecular weight is 398 g/mol. The number of nitrogens with zero attached hydrogens (tertiary/aromatic N) is 2. The molecule has 0 bridgehead atoms. The standard InChI is InChI=1S/C21H23N3O3S/c1-3-12-23(14-17-11-8-13-28-17)18(25)15-24-19(26)21(4-2,22-20(24)27)16-9-6-5-7-10-16/h3,5-11,13H,1,4,12,14-15H2,2H3,(H,22,27)/t21-/m1/s1. The summed E-state index contributed by atoms with van der Waals surface area (Å²) in [5.41, 5.74) is -0.414. The Hall–Kier alpha value is -2.93. The van der Waals surface area contributed by atoms with Crippen molar-refractivity contribution in [1.82, 2.24) is 15.1 Å². The second kappa shape index (κ2) is 8.39. The number of nitrogens with one attached hydrogen (secondary N) is 1. The maximum atomic E-state index is 13.2. The topological polar surface area (TPSA) is 69.7 Å². The molecule has 1 aromatic carbocycles. The van der Waals surface area contributed by atoms with Crippen molar-refractivity contribution in [3.63, 3.8) is 0 Å². The van der Waals surface area contributed by atoms with Crippen LogP contribution in [0, 0.1) is 0 Å². The summed E-state index contributed by atoms with van der Waals surface area (Å²) in [4.78, 5) is 42.2. The van der Waals surface area contributed by atoms with Gasteiger partial charge in [-0.25, -0.2) is 4.79 Å². The predicted octanol–water partition coefficient (Wildman–Crippen LogP) is 3.12. The SMILES string of the molecule is C=CCN(Cc1cccs1)C(=O)CN1C(=O)N[C@](CC)(c2ccccc2)C1=O. The summed E-state index contributed by atoms with van der Waals surface area (Å²) in [7, 11) is 0. The minimum Gasteiger partial charge on any atom is -0.332 e. The van der Waals surface area contributed by atoms with Gasteiger partial charge in [0.05, 0.1) is 6.54 Å². The molecule has 0 aliphatic carbocycles. The highest BCUT2D eigenvalue weighted by atomic mass is 32.1. The number of hydrogen-bond acceptors (Lipinski definition) is 4. The number of rotatable bonds is 8. The maximum Gasteiger partial charge on any atom is 0.325 e. The van der Waals surface area contributed by atoms with E-state index in [0.717, 1.165) is 9.78 Å². The van der Waals surface area contributed by atoms with Gasteiger partial charge >= 0.3 is 6.03 Å². The van der Waals surface area contributed by atoms with Crippen LogP contribution in [0.2, 0.25) is 0 Å². The van der Waals surface area contributed by atoms with Crippen LogP contribution >= 0.6 is 11.3 Å². The number of amides is 4. The Bertz CT molecular complexity index is 866. The molecule has 1 aliphatic heterocycles. The van der Waals surface area contributed by atoms with Crippen LogP contribution in [0.5, 0.6) is 0 Å². The highest BCUT2D eigenvalue weighted by Gasteiger charge is 2.51. The van der Waals surface area contributed by atoms with E-state index in [2.05, 4.69) is 11.9 Å². The molecule has 28 heavy (non-hydrogen) atoms. The maximum absolute atomic E-state index is 13.2. The third-order valence-electron chi connectivity index (χ3n) is 4.89. The molecule has 3 rings (SSSR count). The van der Waals surface area contributed by atoms with Gasteiger partial charge < -0.3 is 10.2 Å².